The summed E-state index contributed by atoms with van der Waals surface area (Å²) in [7, 11) is 0. The highest BCUT2D eigenvalue weighted by Crippen LogP contribution is 2.26. The molecule has 84 valence electrons. The van der Waals surface area contributed by atoms with E-state index >= 15 is 0 Å². The summed E-state index contributed by atoms with van der Waals surface area (Å²) in [4.78, 5) is 12.2. The summed E-state index contributed by atoms with van der Waals surface area (Å²) < 4.78 is 0. The highest BCUT2D eigenvalue weighted by atomic mass is 16.1. The van der Waals surface area contributed by atoms with Crippen molar-refractivity contribution < 1.29 is 4.79 Å². The van der Waals surface area contributed by atoms with Crippen molar-refractivity contribution in [3.63, 3.8) is 0 Å². The molecule has 0 amide bonds. The number of carbonyl (C=O) groups excluding carboxylic acids is 1. The van der Waals surface area contributed by atoms with Gasteiger partial charge in [-0.25, -0.2) is 0 Å². The minimum absolute atomic E-state index is 0.202. The predicted octanol–water partition coefficient (Wildman–Crippen LogP) is 3.92. The van der Waals surface area contributed by atoms with Gasteiger partial charge in [0, 0.05) is 11.5 Å². The van der Waals surface area contributed by atoms with Crippen LogP contribution in [-0.4, -0.2) is 5.78 Å². The number of rotatable bonds is 2. The topological polar surface area (TPSA) is 17.1 Å². The third-order valence-corrected chi connectivity index (χ3v) is 3.28. The second kappa shape index (κ2) is 4.65. The van der Waals surface area contributed by atoms with E-state index in [9.17, 15) is 4.79 Å². The summed E-state index contributed by atoms with van der Waals surface area (Å²) in [6.07, 6.45) is 5.24. The van der Waals surface area contributed by atoms with Gasteiger partial charge in [0.15, 0.2) is 5.78 Å². The molecule has 0 spiro atoms. The largest absolute Gasteiger partial charge is 0.294 e. The first-order valence-electron chi connectivity index (χ1n) is 5.93. The molecular weight excluding hydrogens is 196 g/mol. The number of carbonyl (C=O) groups is 1. The first-order valence-corrected chi connectivity index (χ1v) is 5.93. The third-order valence-electron chi connectivity index (χ3n) is 3.28. The van der Waals surface area contributed by atoms with Crippen LogP contribution < -0.4 is 0 Å². The predicted molar refractivity (Wildman–Crippen MR) is 66.6 cm³/mol. The van der Waals surface area contributed by atoms with Gasteiger partial charge in [0.1, 0.15) is 0 Å². The Morgan fingerprint density at radius 1 is 1.19 bits per heavy atom. The zero-order chi connectivity index (χ0) is 11.5. The molecule has 0 bridgehead atoms. The summed E-state index contributed by atoms with van der Waals surface area (Å²) >= 11 is 0. The maximum absolute atomic E-state index is 12.2. The fourth-order valence-corrected chi connectivity index (χ4v) is 2.28. The van der Waals surface area contributed by atoms with Gasteiger partial charge in [-0.05, 0) is 33.1 Å². The van der Waals surface area contributed by atoms with Crippen molar-refractivity contribution in [3.05, 3.63) is 47.0 Å². The van der Waals surface area contributed by atoms with Crippen LogP contribution in [0, 0.1) is 12.8 Å². The Hall–Kier alpha value is -1.37. The van der Waals surface area contributed by atoms with Crippen LogP contribution in [0.3, 0.4) is 0 Å². The van der Waals surface area contributed by atoms with Crippen LogP contribution in [0.5, 0.6) is 0 Å². The maximum Gasteiger partial charge on any atom is 0.166 e. The van der Waals surface area contributed by atoms with E-state index in [1.165, 1.54) is 11.1 Å². The molecule has 2 rings (SSSR count). The Bertz CT molecular complexity index is 412. The number of Topliss-reactive ketones (excluding diaryl/α,β-unsaturated/α-hetero) is 1. The Kier molecular flexibility index (Phi) is 3.23. The lowest BCUT2D eigenvalue weighted by molar-refractivity contribution is 0.0910. The second-order valence-electron chi connectivity index (χ2n) is 4.76. The van der Waals surface area contributed by atoms with E-state index in [1.54, 1.807) is 0 Å². The Morgan fingerprint density at radius 2 is 1.88 bits per heavy atom. The van der Waals surface area contributed by atoms with Gasteiger partial charge in [-0.1, -0.05) is 41.5 Å². The molecule has 0 fully saturated rings. The zero-order valence-electron chi connectivity index (χ0n) is 9.99. The highest BCUT2D eigenvalue weighted by molar-refractivity contribution is 5.98. The lowest BCUT2D eigenvalue weighted by atomic mass is 9.84. The smallest absolute Gasteiger partial charge is 0.166 e. The number of aryl methyl sites for hydroxylation is 1. The molecule has 0 aliphatic heterocycles. The van der Waals surface area contributed by atoms with Crippen molar-refractivity contribution in [1.29, 1.82) is 0 Å². The monoisotopic (exact) mass is 214 g/mol. The van der Waals surface area contributed by atoms with Gasteiger partial charge in [0.05, 0.1) is 0 Å². The van der Waals surface area contributed by atoms with E-state index in [4.69, 9.17) is 0 Å². The summed E-state index contributed by atoms with van der Waals surface area (Å²) in [5.74, 6) is 0.514. The van der Waals surface area contributed by atoms with Gasteiger partial charge >= 0.3 is 0 Å². The zero-order valence-corrected chi connectivity index (χ0v) is 9.99. The van der Waals surface area contributed by atoms with E-state index in [-0.39, 0.29) is 5.92 Å². The first-order chi connectivity index (χ1) is 7.66. The molecule has 1 aliphatic rings. The van der Waals surface area contributed by atoms with E-state index in [0.717, 1.165) is 24.8 Å². The highest BCUT2D eigenvalue weighted by Gasteiger charge is 2.21. The van der Waals surface area contributed by atoms with Gasteiger partial charge in [-0.3, -0.25) is 4.79 Å². The van der Waals surface area contributed by atoms with Gasteiger partial charge in [-0.15, -0.1) is 0 Å². The van der Waals surface area contributed by atoms with Crippen molar-refractivity contribution in [2.45, 2.75) is 33.1 Å². The van der Waals surface area contributed by atoms with Gasteiger partial charge in [-0.2, -0.15) is 0 Å². The molecule has 1 atom stereocenters. The normalized spacial score (nSPS) is 20.4. The van der Waals surface area contributed by atoms with Crippen molar-refractivity contribution in [3.8, 4) is 0 Å². The number of ketones is 1. The third kappa shape index (κ3) is 2.41. The van der Waals surface area contributed by atoms with Gasteiger partial charge in [0.25, 0.3) is 0 Å². The van der Waals surface area contributed by atoms with Crippen LogP contribution in [0.4, 0.5) is 0 Å². The number of hydrogen-bond acceptors (Lipinski definition) is 1. The summed E-state index contributed by atoms with van der Waals surface area (Å²) in [5, 5.41) is 0. The summed E-state index contributed by atoms with van der Waals surface area (Å²) in [6, 6.07) is 7.92. The van der Waals surface area contributed by atoms with Crippen molar-refractivity contribution in [2.24, 2.45) is 5.92 Å². The summed E-state index contributed by atoms with van der Waals surface area (Å²) in [6.45, 7) is 4.16. The molecule has 1 nitrogen and oxygen atoms in total. The summed E-state index contributed by atoms with van der Waals surface area (Å²) in [5.41, 5.74) is 3.43. The van der Waals surface area contributed by atoms with Crippen LogP contribution in [0.25, 0.3) is 0 Å². The molecule has 0 saturated carbocycles. The molecule has 1 aromatic carbocycles. The molecule has 0 radical (unpaired) electrons. The Balaban J connectivity index is 2.13. The van der Waals surface area contributed by atoms with E-state index in [0.29, 0.717) is 5.78 Å². The quantitative estimate of drug-likeness (QED) is 0.538. The molecule has 16 heavy (non-hydrogen) atoms. The molecule has 0 heterocycles. The molecule has 0 N–H and O–H groups in total. The SMILES string of the molecule is CC1=CCCC(C(=O)c2ccc(C)cc2)C1. The fraction of sp³-hybridized carbons (Fsp3) is 0.400. The van der Waals surface area contributed by atoms with Crippen LogP contribution in [0.1, 0.15) is 42.1 Å². The number of allylic oxidation sites excluding steroid dienone is 2. The standard InChI is InChI=1S/C15H18O/c1-11-6-8-13(9-7-11)15(16)14-5-3-4-12(2)10-14/h4,6-9,14H,3,5,10H2,1-2H3. The minimum Gasteiger partial charge on any atom is -0.294 e. The lowest BCUT2D eigenvalue weighted by Crippen LogP contribution is -2.17. The molecule has 1 aliphatic carbocycles. The second-order valence-corrected chi connectivity index (χ2v) is 4.76. The van der Waals surface area contributed by atoms with Crippen molar-refractivity contribution >= 4 is 5.78 Å². The number of hydrogen-bond donors (Lipinski definition) is 0. The molecule has 1 aromatic rings. The van der Waals surface area contributed by atoms with Crippen molar-refractivity contribution in [1.82, 2.24) is 0 Å². The van der Waals surface area contributed by atoms with Crippen LogP contribution in [-0.2, 0) is 0 Å². The first kappa shape index (κ1) is 11.1. The van der Waals surface area contributed by atoms with Crippen LogP contribution >= 0.6 is 0 Å². The van der Waals surface area contributed by atoms with E-state index in [1.807, 2.05) is 31.2 Å². The average molecular weight is 214 g/mol. The maximum atomic E-state index is 12.2. The molecular formula is C15H18O. The minimum atomic E-state index is 0.202. The Morgan fingerprint density at radius 3 is 2.50 bits per heavy atom. The van der Waals surface area contributed by atoms with Gasteiger partial charge in [0.2, 0.25) is 0 Å². The van der Waals surface area contributed by atoms with Crippen LogP contribution in [0.2, 0.25) is 0 Å². The van der Waals surface area contributed by atoms with Gasteiger partial charge < -0.3 is 0 Å². The van der Waals surface area contributed by atoms with E-state index in [2.05, 4.69) is 13.0 Å². The number of benzene rings is 1. The van der Waals surface area contributed by atoms with Crippen molar-refractivity contribution in [2.75, 3.05) is 0 Å². The molecule has 0 aromatic heterocycles. The van der Waals surface area contributed by atoms with E-state index < -0.39 is 0 Å². The Labute approximate surface area is 97.2 Å². The lowest BCUT2D eigenvalue weighted by Gasteiger charge is -2.19. The fourth-order valence-electron chi connectivity index (χ4n) is 2.28. The van der Waals surface area contributed by atoms with Crippen LogP contribution in [0.15, 0.2) is 35.9 Å². The molecule has 1 unspecified atom stereocenters. The molecule has 0 saturated heterocycles. The molecule has 1 heteroatoms. The average Bonchev–Trinajstić information content (AvgIpc) is 2.29.